The van der Waals surface area contributed by atoms with E-state index >= 15 is 0 Å². The van der Waals surface area contributed by atoms with Crippen LogP contribution in [-0.2, 0) is 0 Å². The number of piperidine rings is 1. The molecular formula is C11H14ClN3O2S. The highest BCUT2D eigenvalue weighted by molar-refractivity contribution is 7.98. The predicted octanol–water partition coefficient (Wildman–Crippen LogP) is 1.45. The van der Waals surface area contributed by atoms with Crippen LogP contribution in [0.15, 0.2) is 11.4 Å². The van der Waals surface area contributed by atoms with Crippen molar-refractivity contribution in [3.05, 3.63) is 16.9 Å². The van der Waals surface area contributed by atoms with Crippen molar-refractivity contribution in [2.24, 2.45) is 0 Å². The first-order valence-corrected chi connectivity index (χ1v) is 7.26. The molecule has 1 saturated heterocycles. The van der Waals surface area contributed by atoms with Crippen molar-refractivity contribution in [1.29, 1.82) is 0 Å². The Kier molecular flexibility index (Phi) is 4.42. The lowest BCUT2D eigenvalue weighted by molar-refractivity contribution is 0.0468. The average Bonchev–Trinajstić information content (AvgIpc) is 2.38. The molecule has 1 amide bonds. The first-order chi connectivity index (χ1) is 8.61. The van der Waals surface area contributed by atoms with Crippen LogP contribution in [0.25, 0.3) is 0 Å². The number of hydrogen-bond donors (Lipinski definition) is 1. The molecule has 0 aliphatic carbocycles. The number of carbonyl (C=O) groups is 1. The minimum atomic E-state index is -0.455. The Balaban J connectivity index is 2.22. The van der Waals surface area contributed by atoms with E-state index in [1.807, 2.05) is 6.26 Å². The summed E-state index contributed by atoms with van der Waals surface area (Å²) < 4.78 is 0. The van der Waals surface area contributed by atoms with Gasteiger partial charge in [0.25, 0.3) is 5.91 Å². The largest absolute Gasteiger partial charge is 0.391 e. The van der Waals surface area contributed by atoms with E-state index in [-0.39, 0.29) is 16.6 Å². The topological polar surface area (TPSA) is 66.3 Å². The quantitative estimate of drug-likeness (QED) is 0.659. The molecule has 1 aliphatic rings. The summed E-state index contributed by atoms with van der Waals surface area (Å²) in [5.74, 6) is -0.239. The average molecular weight is 288 g/mol. The van der Waals surface area contributed by atoms with E-state index in [2.05, 4.69) is 9.97 Å². The SMILES string of the molecule is CSc1ncc(Cl)c(C(=O)N2CCC[C@H](O)C2)n1. The van der Waals surface area contributed by atoms with Gasteiger partial charge in [0.2, 0.25) is 0 Å². The maximum atomic E-state index is 12.3. The molecular weight excluding hydrogens is 274 g/mol. The van der Waals surface area contributed by atoms with Crippen LogP contribution in [-0.4, -0.2) is 51.3 Å². The van der Waals surface area contributed by atoms with Crippen LogP contribution in [0, 0.1) is 0 Å². The molecule has 2 rings (SSSR count). The lowest BCUT2D eigenvalue weighted by Gasteiger charge is -2.29. The normalized spacial score (nSPS) is 19.9. The molecule has 0 saturated carbocycles. The van der Waals surface area contributed by atoms with Crippen molar-refractivity contribution in [3.8, 4) is 0 Å². The van der Waals surface area contributed by atoms with Crippen LogP contribution in [0.2, 0.25) is 5.02 Å². The number of aliphatic hydroxyl groups is 1. The molecule has 1 N–H and O–H groups in total. The molecule has 98 valence electrons. The van der Waals surface area contributed by atoms with Gasteiger partial charge in [0.1, 0.15) is 0 Å². The van der Waals surface area contributed by atoms with E-state index < -0.39 is 6.10 Å². The van der Waals surface area contributed by atoms with Gasteiger partial charge in [0.05, 0.1) is 17.3 Å². The molecule has 1 aromatic heterocycles. The van der Waals surface area contributed by atoms with E-state index in [9.17, 15) is 9.90 Å². The smallest absolute Gasteiger partial charge is 0.274 e. The minimum absolute atomic E-state index is 0.213. The molecule has 1 aromatic rings. The Morgan fingerprint density at radius 1 is 1.67 bits per heavy atom. The van der Waals surface area contributed by atoms with Gasteiger partial charge in [-0.1, -0.05) is 23.4 Å². The highest BCUT2D eigenvalue weighted by atomic mass is 35.5. The van der Waals surface area contributed by atoms with Crippen LogP contribution in [0.4, 0.5) is 0 Å². The molecule has 1 atom stereocenters. The number of likely N-dealkylation sites (tertiary alicyclic amines) is 1. The second-order valence-corrected chi connectivity index (χ2v) is 5.28. The number of aliphatic hydroxyl groups excluding tert-OH is 1. The summed E-state index contributed by atoms with van der Waals surface area (Å²) >= 11 is 7.31. The van der Waals surface area contributed by atoms with E-state index in [0.717, 1.165) is 12.8 Å². The lowest BCUT2D eigenvalue weighted by Crippen LogP contribution is -2.42. The first-order valence-electron chi connectivity index (χ1n) is 5.65. The van der Waals surface area contributed by atoms with Crippen LogP contribution < -0.4 is 0 Å². The second kappa shape index (κ2) is 5.86. The van der Waals surface area contributed by atoms with Gasteiger partial charge < -0.3 is 10.0 Å². The summed E-state index contributed by atoms with van der Waals surface area (Å²) in [6.45, 7) is 0.971. The van der Waals surface area contributed by atoms with E-state index in [0.29, 0.717) is 18.2 Å². The number of thioether (sulfide) groups is 1. The summed E-state index contributed by atoms with van der Waals surface area (Å²) in [4.78, 5) is 22.0. The number of amides is 1. The monoisotopic (exact) mass is 287 g/mol. The molecule has 5 nitrogen and oxygen atoms in total. The van der Waals surface area contributed by atoms with Crippen molar-refractivity contribution >= 4 is 29.3 Å². The van der Waals surface area contributed by atoms with Gasteiger partial charge in [-0.2, -0.15) is 0 Å². The highest BCUT2D eigenvalue weighted by Gasteiger charge is 2.25. The van der Waals surface area contributed by atoms with Crippen molar-refractivity contribution < 1.29 is 9.90 Å². The molecule has 0 unspecified atom stereocenters. The van der Waals surface area contributed by atoms with Crippen molar-refractivity contribution in [3.63, 3.8) is 0 Å². The summed E-state index contributed by atoms with van der Waals surface area (Å²) in [5.41, 5.74) is 0.213. The van der Waals surface area contributed by atoms with E-state index in [1.54, 1.807) is 4.90 Å². The third-order valence-corrected chi connectivity index (χ3v) is 3.63. The fraction of sp³-hybridized carbons (Fsp3) is 0.545. The lowest BCUT2D eigenvalue weighted by atomic mass is 10.1. The number of rotatable bonds is 2. The maximum Gasteiger partial charge on any atom is 0.274 e. The molecule has 0 spiro atoms. The molecule has 1 aliphatic heterocycles. The zero-order chi connectivity index (χ0) is 13.1. The second-order valence-electron chi connectivity index (χ2n) is 4.10. The minimum Gasteiger partial charge on any atom is -0.391 e. The zero-order valence-electron chi connectivity index (χ0n) is 9.97. The van der Waals surface area contributed by atoms with Gasteiger partial charge in [0.15, 0.2) is 10.9 Å². The summed E-state index contributed by atoms with van der Waals surface area (Å²) in [7, 11) is 0. The van der Waals surface area contributed by atoms with Gasteiger partial charge in [-0.25, -0.2) is 9.97 Å². The number of carbonyl (C=O) groups excluding carboxylic acids is 1. The molecule has 1 fully saturated rings. The molecule has 2 heterocycles. The fourth-order valence-electron chi connectivity index (χ4n) is 1.89. The number of aromatic nitrogens is 2. The summed E-state index contributed by atoms with van der Waals surface area (Å²) in [5, 5.41) is 10.3. The Morgan fingerprint density at radius 3 is 3.11 bits per heavy atom. The summed E-state index contributed by atoms with van der Waals surface area (Å²) in [6, 6.07) is 0. The molecule has 0 bridgehead atoms. The molecule has 0 aromatic carbocycles. The Hall–Kier alpha value is -0.850. The summed E-state index contributed by atoms with van der Waals surface area (Å²) in [6.07, 6.45) is 4.35. The number of halogens is 1. The Bertz CT molecular complexity index is 458. The predicted molar refractivity (Wildman–Crippen MR) is 70.0 cm³/mol. The first kappa shape index (κ1) is 13.6. The van der Waals surface area contributed by atoms with Crippen LogP contribution in [0.3, 0.4) is 0 Å². The zero-order valence-corrected chi connectivity index (χ0v) is 11.5. The maximum absolute atomic E-state index is 12.3. The number of nitrogens with zero attached hydrogens (tertiary/aromatic N) is 3. The number of β-amino-alcohol motifs (C(OH)–C–C–N with tert-alkyl or cyclic N) is 1. The van der Waals surface area contributed by atoms with Gasteiger partial charge in [0, 0.05) is 13.1 Å². The van der Waals surface area contributed by atoms with Gasteiger partial charge in [-0.3, -0.25) is 4.79 Å². The fourth-order valence-corrected chi connectivity index (χ4v) is 2.40. The molecule has 18 heavy (non-hydrogen) atoms. The van der Waals surface area contributed by atoms with Crippen LogP contribution >= 0.6 is 23.4 Å². The van der Waals surface area contributed by atoms with Crippen molar-refractivity contribution in [1.82, 2.24) is 14.9 Å². The van der Waals surface area contributed by atoms with Crippen LogP contribution in [0.5, 0.6) is 0 Å². The van der Waals surface area contributed by atoms with Crippen LogP contribution in [0.1, 0.15) is 23.3 Å². The number of hydrogen-bond acceptors (Lipinski definition) is 5. The molecule has 0 radical (unpaired) electrons. The van der Waals surface area contributed by atoms with Gasteiger partial charge >= 0.3 is 0 Å². The Labute approximate surface area is 115 Å². The molecule has 7 heteroatoms. The van der Waals surface area contributed by atoms with Crippen molar-refractivity contribution in [2.45, 2.75) is 24.1 Å². The third-order valence-electron chi connectivity index (χ3n) is 2.79. The van der Waals surface area contributed by atoms with E-state index in [4.69, 9.17) is 11.6 Å². The Morgan fingerprint density at radius 2 is 2.44 bits per heavy atom. The van der Waals surface area contributed by atoms with Crippen molar-refractivity contribution in [2.75, 3.05) is 19.3 Å². The van der Waals surface area contributed by atoms with Gasteiger partial charge in [-0.05, 0) is 19.1 Å². The van der Waals surface area contributed by atoms with E-state index in [1.165, 1.54) is 18.0 Å². The standard InChI is InChI=1S/C11H14ClN3O2S/c1-18-11-13-5-8(12)9(14-11)10(17)15-4-2-3-7(16)6-15/h5,7,16H,2-4,6H2,1H3/t7-/m0/s1. The third kappa shape index (κ3) is 2.93. The van der Waals surface area contributed by atoms with Gasteiger partial charge in [-0.15, -0.1) is 0 Å². The highest BCUT2D eigenvalue weighted by Crippen LogP contribution is 2.20.